The molecule has 4 N–H and O–H groups in total. The summed E-state index contributed by atoms with van der Waals surface area (Å²) < 4.78 is 0. The van der Waals surface area contributed by atoms with E-state index in [1.165, 1.54) is 0 Å². The Labute approximate surface area is 133 Å². The van der Waals surface area contributed by atoms with Gasteiger partial charge in [0.25, 0.3) is 0 Å². The molecule has 0 aliphatic rings. The third-order valence-corrected chi connectivity index (χ3v) is 2.94. The van der Waals surface area contributed by atoms with Crippen molar-refractivity contribution in [2.75, 3.05) is 7.05 Å². The molecular weight excluding hydrogens is 264 g/mol. The van der Waals surface area contributed by atoms with Crippen LogP contribution in [-0.2, 0) is 0 Å². The van der Waals surface area contributed by atoms with E-state index in [2.05, 4.69) is 31.4 Å². The van der Waals surface area contributed by atoms with E-state index in [9.17, 15) is 10.2 Å². The Morgan fingerprint density at radius 3 is 1.38 bits per heavy atom. The summed E-state index contributed by atoms with van der Waals surface area (Å²) >= 11 is 0. The Morgan fingerprint density at radius 2 is 1.29 bits per heavy atom. The van der Waals surface area contributed by atoms with Gasteiger partial charge < -0.3 is 20.8 Å². The molecule has 0 aliphatic carbocycles. The van der Waals surface area contributed by atoms with Gasteiger partial charge in [-0.1, -0.05) is 27.7 Å². The molecule has 4 heteroatoms. The standard InChI is InChI=1S/C8H19NO.C7H17NO.C2H6/c1-6(2)9-7(3)8(4,5)10;1-6(8-4)5-7(2,3)9;1-2/h6-7,9-10H,1-5H3;6,8-9H,5H2,1-4H3;1-2H3. The van der Waals surface area contributed by atoms with Gasteiger partial charge in [0.15, 0.2) is 0 Å². The van der Waals surface area contributed by atoms with Crippen LogP contribution in [0.1, 0.15) is 75.7 Å². The van der Waals surface area contributed by atoms with Crippen molar-refractivity contribution in [3.05, 3.63) is 0 Å². The van der Waals surface area contributed by atoms with Gasteiger partial charge in [0.2, 0.25) is 0 Å². The van der Waals surface area contributed by atoms with Crippen LogP contribution in [0.15, 0.2) is 0 Å². The summed E-state index contributed by atoms with van der Waals surface area (Å²) in [4.78, 5) is 0. The Morgan fingerprint density at radius 1 is 0.905 bits per heavy atom. The normalized spacial score (nSPS) is 14.6. The molecule has 0 aromatic rings. The fraction of sp³-hybridized carbons (Fsp3) is 1.00. The van der Waals surface area contributed by atoms with E-state index in [0.717, 1.165) is 6.42 Å². The fourth-order valence-electron chi connectivity index (χ4n) is 1.56. The molecule has 0 aromatic carbocycles. The minimum absolute atomic E-state index is 0.146. The quantitative estimate of drug-likeness (QED) is 0.609. The average Bonchev–Trinajstić information content (AvgIpc) is 2.28. The van der Waals surface area contributed by atoms with Crippen LogP contribution < -0.4 is 10.6 Å². The van der Waals surface area contributed by atoms with Crippen LogP contribution in [0, 0.1) is 0 Å². The lowest BCUT2D eigenvalue weighted by atomic mass is 10.0. The monoisotopic (exact) mass is 306 g/mol. The van der Waals surface area contributed by atoms with E-state index in [0.29, 0.717) is 12.1 Å². The zero-order chi connectivity index (χ0) is 17.9. The van der Waals surface area contributed by atoms with Crippen molar-refractivity contribution in [2.24, 2.45) is 0 Å². The number of rotatable bonds is 6. The zero-order valence-corrected chi connectivity index (χ0v) is 16.3. The molecule has 0 bridgehead atoms. The molecule has 0 saturated heterocycles. The lowest BCUT2D eigenvalue weighted by molar-refractivity contribution is 0.0413. The molecule has 4 nitrogen and oxygen atoms in total. The molecule has 0 amide bonds. The number of nitrogens with one attached hydrogen (secondary N) is 2. The molecule has 0 rings (SSSR count). The van der Waals surface area contributed by atoms with Crippen LogP contribution in [0.5, 0.6) is 0 Å². The summed E-state index contributed by atoms with van der Waals surface area (Å²) in [5.41, 5.74) is -1.16. The summed E-state index contributed by atoms with van der Waals surface area (Å²) in [5, 5.41) is 25.0. The summed E-state index contributed by atoms with van der Waals surface area (Å²) in [6.45, 7) is 19.4. The van der Waals surface area contributed by atoms with E-state index in [4.69, 9.17) is 0 Å². The second-order valence-corrected chi connectivity index (χ2v) is 6.90. The molecule has 0 heterocycles. The maximum atomic E-state index is 9.47. The Bertz CT molecular complexity index is 218. The van der Waals surface area contributed by atoms with Crippen molar-refractivity contribution in [2.45, 2.75) is 105 Å². The smallest absolute Gasteiger partial charge is 0.0741 e. The topological polar surface area (TPSA) is 64.5 Å². The summed E-state index contributed by atoms with van der Waals surface area (Å²) in [5.74, 6) is 0. The van der Waals surface area contributed by atoms with Crippen molar-refractivity contribution >= 4 is 0 Å². The Balaban J connectivity index is -0.000000277. The molecule has 0 aliphatic heterocycles. The number of hydrogen-bond donors (Lipinski definition) is 4. The van der Waals surface area contributed by atoms with Gasteiger partial charge in [-0.25, -0.2) is 0 Å². The summed E-state index contributed by atoms with van der Waals surface area (Å²) in [6, 6.07) is 0.971. The second kappa shape index (κ2) is 12.4. The first-order chi connectivity index (χ1) is 9.29. The van der Waals surface area contributed by atoms with E-state index in [1.54, 1.807) is 0 Å². The van der Waals surface area contributed by atoms with Crippen LogP contribution in [0.4, 0.5) is 0 Å². The minimum atomic E-state index is -0.621. The van der Waals surface area contributed by atoms with Crippen molar-refractivity contribution in [1.82, 2.24) is 10.6 Å². The van der Waals surface area contributed by atoms with Crippen molar-refractivity contribution in [3.8, 4) is 0 Å². The predicted molar refractivity (Wildman–Crippen MR) is 94.8 cm³/mol. The van der Waals surface area contributed by atoms with Gasteiger partial charge in [-0.2, -0.15) is 0 Å². The highest BCUT2D eigenvalue weighted by molar-refractivity contribution is 4.80. The molecule has 0 fully saturated rings. The van der Waals surface area contributed by atoms with E-state index >= 15 is 0 Å². The first kappa shape index (κ1) is 25.8. The molecule has 0 saturated carbocycles. The van der Waals surface area contributed by atoms with Gasteiger partial charge >= 0.3 is 0 Å². The third-order valence-electron chi connectivity index (χ3n) is 2.94. The first-order valence-corrected chi connectivity index (χ1v) is 8.17. The van der Waals surface area contributed by atoms with Gasteiger partial charge in [0, 0.05) is 18.1 Å². The van der Waals surface area contributed by atoms with Crippen LogP contribution >= 0.6 is 0 Å². The van der Waals surface area contributed by atoms with E-state index in [1.807, 2.05) is 55.5 Å². The lowest BCUT2D eigenvalue weighted by Crippen LogP contribution is -2.47. The Kier molecular flexibility index (Phi) is 15.2. The number of aliphatic hydroxyl groups is 2. The van der Waals surface area contributed by atoms with Crippen LogP contribution in [0.3, 0.4) is 0 Å². The van der Waals surface area contributed by atoms with Crippen molar-refractivity contribution in [3.63, 3.8) is 0 Å². The number of hydrogen-bond acceptors (Lipinski definition) is 4. The van der Waals surface area contributed by atoms with Gasteiger partial charge in [-0.05, 0) is 55.0 Å². The first-order valence-electron chi connectivity index (χ1n) is 8.17. The van der Waals surface area contributed by atoms with Gasteiger partial charge in [-0.15, -0.1) is 0 Å². The Hall–Kier alpha value is -0.160. The molecule has 132 valence electrons. The van der Waals surface area contributed by atoms with Gasteiger partial charge in [0.1, 0.15) is 0 Å². The molecule has 0 spiro atoms. The van der Waals surface area contributed by atoms with E-state index < -0.39 is 11.2 Å². The zero-order valence-electron chi connectivity index (χ0n) is 16.3. The fourth-order valence-corrected chi connectivity index (χ4v) is 1.56. The van der Waals surface area contributed by atoms with Gasteiger partial charge in [0.05, 0.1) is 11.2 Å². The summed E-state index contributed by atoms with van der Waals surface area (Å²) in [6.07, 6.45) is 0.795. The lowest BCUT2D eigenvalue weighted by Gasteiger charge is -2.28. The minimum Gasteiger partial charge on any atom is -0.390 e. The molecule has 2 atom stereocenters. The van der Waals surface area contributed by atoms with Crippen LogP contribution in [0.2, 0.25) is 0 Å². The molecule has 0 radical (unpaired) electrons. The highest BCUT2D eigenvalue weighted by Crippen LogP contribution is 2.09. The molecule has 21 heavy (non-hydrogen) atoms. The van der Waals surface area contributed by atoms with Gasteiger partial charge in [-0.3, -0.25) is 0 Å². The molecular formula is C17H42N2O2. The summed E-state index contributed by atoms with van der Waals surface area (Å²) in [7, 11) is 1.90. The highest BCUT2D eigenvalue weighted by atomic mass is 16.3. The maximum Gasteiger partial charge on any atom is 0.0741 e. The largest absolute Gasteiger partial charge is 0.390 e. The third kappa shape index (κ3) is 22.3. The maximum absolute atomic E-state index is 9.47. The van der Waals surface area contributed by atoms with Crippen LogP contribution in [0.25, 0.3) is 0 Å². The van der Waals surface area contributed by atoms with E-state index in [-0.39, 0.29) is 6.04 Å². The van der Waals surface area contributed by atoms with Crippen LogP contribution in [-0.4, -0.2) is 46.6 Å². The molecule has 2 unspecified atom stereocenters. The SMILES string of the molecule is CC.CC(C)NC(C)C(C)(C)O.CNC(C)CC(C)(C)O. The average molecular weight is 307 g/mol. The van der Waals surface area contributed by atoms with Crippen molar-refractivity contribution in [1.29, 1.82) is 0 Å². The van der Waals surface area contributed by atoms with Crippen molar-refractivity contribution < 1.29 is 10.2 Å². The molecule has 0 aromatic heterocycles. The predicted octanol–water partition coefficient (Wildman–Crippen LogP) is 2.93. The highest BCUT2D eigenvalue weighted by Gasteiger charge is 2.21. The second-order valence-electron chi connectivity index (χ2n) is 6.90.